The maximum absolute atomic E-state index is 13.3. The van der Waals surface area contributed by atoms with Gasteiger partial charge in [0.1, 0.15) is 11.6 Å². The average molecular weight is 330 g/mol. The second kappa shape index (κ2) is 6.82. The van der Waals surface area contributed by atoms with Crippen LogP contribution in [0.3, 0.4) is 0 Å². The Bertz CT molecular complexity index is 745. The van der Waals surface area contributed by atoms with Crippen LogP contribution in [0.1, 0.15) is 18.5 Å². The van der Waals surface area contributed by atoms with Gasteiger partial charge in [0.25, 0.3) is 0 Å². The topological polar surface area (TPSA) is 78.4 Å². The lowest BCUT2D eigenvalue weighted by Gasteiger charge is -2.31. The molecule has 0 unspecified atom stereocenters. The number of carboxylic acid groups (broad SMARTS) is 1. The summed E-state index contributed by atoms with van der Waals surface area (Å²) < 4.78 is 13.3. The number of anilines is 3. The van der Waals surface area contributed by atoms with Crippen LogP contribution < -0.4 is 10.2 Å². The van der Waals surface area contributed by atoms with Crippen LogP contribution in [0.2, 0.25) is 0 Å². The predicted molar refractivity (Wildman–Crippen MR) is 89.0 cm³/mol. The summed E-state index contributed by atoms with van der Waals surface area (Å²) in [5, 5.41) is 12.1. The fourth-order valence-corrected chi connectivity index (χ4v) is 2.82. The minimum atomic E-state index is -0.734. The van der Waals surface area contributed by atoms with E-state index in [1.54, 1.807) is 12.1 Å². The quantitative estimate of drug-likeness (QED) is 0.897. The number of carboxylic acids is 1. The first-order chi connectivity index (χ1) is 11.5. The van der Waals surface area contributed by atoms with Crippen molar-refractivity contribution in [3.05, 3.63) is 41.8 Å². The fourth-order valence-electron chi connectivity index (χ4n) is 2.82. The lowest BCUT2D eigenvalue weighted by Crippen LogP contribution is -2.36. The van der Waals surface area contributed by atoms with Gasteiger partial charge in [0.15, 0.2) is 0 Å². The van der Waals surface area contributed by atoms with Gasteiger partial charge in [-0.1, -0.05) is 6.07 Å². The molecule has 1 aliphatic heterocycles. The molecule has 3 rings (SSSR count). The summed E-state index contributed by atoms with van der Waals surface area (Å²) >= 11 is 0. The highest BCUT2D eigenvalue weighted by molar-refractivity contribution is 5.70. The Morgan fingerprint density at radius 2 is 2.04 bits per heavy atom. The van der Waals surface area contributed by atoms with E-state index in [0.717, 1.165) is 11.5 Å². The Morgan fingerprint density at radius 3 is 2.71 bits per heavy atom. The van der Waals surface area contributed by atoms with Gasteiger partial charge in [0.2, 0.25) is 5.95 Å². The maximum Gasteiger partial charge on any atom is 0.306 e. The van der Waals surface area contributed by atoms with Crippen LogP contribution in [0.25, 0.3) is 0 Å². The van der Waals surface area contributed by atoms with Crippen LogP contribution in [0.15, 0.2) is 30.3 Å². The Morgan fingerprint density at radius 1 is 1.29 bits per heavy atom. The maximum atomic E-state index is 13.3. The Hall–Kier alpha value is -2.70. The smallest absolute Gasteiger partial charge is 0.306 e. The Labute approximate surface area is 139 Å². The number of aromatic nitrogens is 2. The van der Waals surface area contributed by atoms with Gasteiger partial charge in [-0.3, -0.25) is 4.79 Å². The SMILES string of the molecule is Cc1cc(N2CCC(C(=O)O)CC2)nc(Nc2cccc(F)c2)n1. The minimum Gasteiger partial charge on any atom is -0.481 e. The largest absolute Gasteiger partial charge is 0.481 e. The van der Waals surface area contributed by atoms with Crippen molar-refractivity contribution in [3.8, 4) is 0 Å². The molecule has 2 aromatic rings. The molecule has 1 saturated heterocycles. The van der Waals surface area contributed by atoms with E-state index in [9.17, 15) is 9.18 Å². The number of hydrogen-bond acceptors (Lipinski definition) is 5. The summed E-state index contributed by atoms with van der Waals surface area (Å²) in [4.78, 5) is 21.9. The van der Waals surface area contributed by atoms with E-state index in [1.807, 2.05) is 13.0 Å². The van der Waals surface area contributed by atoms with E-state index in [1.165, 1.54) is 12.1 Å². The number of halogens is 1. The normalized spacial score (nSPS) is 15.3. The summed E-state index contributed by atoms with van der Waals surface area (Å²) in [7, 11) is 0. The molecule has 6 nitrogen and oxygen atoms in total. The van der Waals surface area contributed by atoms with Crippen LogP contribution in [-0.4, -0.2) is 34.1 Å². The van der Waals surface area contributed by atoms with E-state index in [-0.39, 0.29) is 11.7 Å². The van der Waals surface area contributed by atoms with Gasteiger partial charge >= 0.3 is 5.97 Å². The molecule has 0 amide bonds. The number of aliphatic carboxylic acids is 1. The van der Waals surface area contributed by atoms with Crippen molar-refractivity contribution in [2.45, 2.75) is 19.8 Å². The number of nitrogens with zero attached hydrogens (tertiary/aromatic N) is 3. The van der Waals surface area contributed by atoms with E-state index >= 15 is 0 Å². The zero-order chi connectivity index (χ0) is 17.1. The number of rotatable bonds is 4. The van der Waals surface area contributed by atoms with E-state index in [0.29, 0.717) is 37.6 Å². The van der Waals surface area contributed by atoms with Crippen molar-refractivity contribution in [3.63, 3.8) is 0 Å². The van der Waals surface area contributed by atoms with E-state index in [4.69, 9.17) is 5.11 Å². The van der Waals surface area contributed by atoms with Gasteiger partial charge in [0, 0.05) is 30.5 Å². The molecule has 1 aromatic heterocycles. The molecule has 2 heterocycles. The van der Waals surface area contributed by atoms with Gasteiger partial charge in [-0.15, -0.1) is 0 Å². The number of carbonyl (C=O) groups is 1. The number of aryl methyl sites for hydroxylation is 1. The summed E-state index contributed by atoms with van der Waals surface area (Å²) in [6.45, 7) is 3.16. The predicted octanol–water partition coefficient (Wildman–Crippen LogP) is 2.97. The van der Waals surface area contributed by atoms with E-state index in [2.05, 4.69) is 20.2 Å². The molecular formula is C17H19FN4O2. The first-order valence-corrected chi connectivity index (χ1v) is 7.87. The molecule has 126 valence electrons. The number of piperidine rings is 1. The fraction of sp³-hybridized carbons (Fsp3) is 0.353. The van der Waals surface area contributed by atoms with Crippen molar-refractivity contribution >= 4 is 23.4 Å². The first kappa shape index (κ1) is 16.2. The lowest BCUT2D eigenvalue weighted by molar-refractivity contribution is -0.142. The zero-order valence-corrected chi connectivity index (χ0v) is 13.4. The molecule has 0 radical (unpaired) electrons. The average Bonchev–Trinajstić information content (AvgIpc) is 2.54. The molecule has 1 fully saturated rings. The molecular weight excluding hydrogens is 311 g/mol. The van der Waals surface area contributed by atoms with Crippen LogP contribution in [0, 0.1) is 18.7 Å². The molecule has 0 bridgehead atoms. The second-order valence-corrected chi connectivity index (χ2v) is 5.93. The summed E-state index contributed by atoms with van der Waals surface area (Å²) in [5.41, 5.74) is 1.37. The molecule has 24 heavy (non-hydrogen) atoms. The summed E-state index contributed by atoms with van der Waals surface area (Å²) in [6.07, 6.45) is 1.20. The lowest BCUT2D eigenvalue weighted by atomic mass is 9.97. The molecule has 2 N–H and O–H groups in total. The third-order valence-corrected chi connectivity index (χ3v) is 4.09. The van der Waals surface area contributed by atoms with Crippen molar-refractivity contribution in [2.24, 2.45) is 5.92 Å². The summed E-state index contributed by atoms with van der Waals surface area (Å²) in [5.74, 6) is -0.194. The monoisotopic (exact) mass is 330 g/mol. The molecule has 0 atom stereocenters. The van der Waals surface area contributed by atoms with Crippen LogP contribution >= 0.6 is 0 Å². The van der Waals surface area contributed by atoms with Crippen LogP contribution in [0.5, 0.6) is 0 Å². The van der Waals surface area contributed by atoms with Crippen molar-refractivity contribution < 1.29 is 14.3 Å². The molecule has 0 spiro atoms. The third kappa shape index (κ3) is 3.79. The minimum absolute atomic E-state index is 0.283. The molecule has 1 aromatic carbocycles. The molecule has 7 heteroatoms. The number of benzene rings is 1. The van der Waals surface area contributed by atoms with Gasteiger partial charge in [-0.25, -0.2) is 9.37 Å². The van der Waals surface area contributed by atoms with Crippen LogP contribution in [0.4, 0.5) is 21.8 Å². The highest BCUT2D eigenvalue weighted by Gasteiger charge is 2.25. The van der Waals surface area contributed by atoms with Gasteiger partial charge in [0.05, 0.1) is 5.92 Å². The molecule has 1 aliphatic rings. The van der Waals surface area contributed by atoms with Gasteiger partial charge in [-0.2, -0.15) is 4.98 Å². The van der Waals surface area contributed by atoms with Crippen molar-refractivity contribution in [1.29, 1.82) is 0 Å². The van der Waals surface area contributed by atoms with Crippen LogP contribution in [-0.2, 0) is 4.79 Å². The summed E-state index contributed by atoms with van der Waals surface area (Å²) in [6, 6.07) is 7.99. The van der Waals surface area contributed by atoms with Gasteiger partial charge in [-0.05, 0) is 38.0 Å². The highest BCUT2D eigenvalue weighted by atomic mass is 19.1. The number of hydrogen-bond donors (Lipinski definition) is 2. The van der Waals surface area contributed by atoms with Crippen molar-refractivity contribution in [2.75, 3.05) is 23.3 Å². The highest BCUT2D eigenvalue weighted by Crippen LogP contribution is 2.24. The number of nitrogens with one attached hydrogen (secondary N) is 1. The standard InChI is InChI=1S/C17H19FN4O2/c1-11-9-15(22-7-5-12(6-8-22)16(23)24)21-17(19-11)20-14-4-2-3-13(18)10-14/h2-4,9-10,12H,5-8H2,1H3,(H,23,24)(H,19,20,21). The first-order valence-electron chi connectivity index (χ1n) is 7.87. The Kier molecular flexibility index (Phi) is 4.59. The van der Waals surface area contributed by atoms with Gasteiger partial charge < -0.3 is 15.3 Å². The van der Waals surface area contributed by atoms with Crippen molar-refractivity contribution in [1.82, 2.24) is 9.97 Å². The second-order valence-electron chi connectivity index (χ2n) is 5.93. The third-order valence-electron chi connectivity index (χ3n) is 4.09. The molecule has 0 saturated carbocycles. The Balaban J connectivity index is 1.76. The molecule has 0 aliphatic carbocycles. The van der Waals surface area contributed by atoms with E-state index < -0.39 is 5.97 Å². The zero-order valence-electron chi connectivity index (χ0n) is 13.4.